The molecule has 136 valence electrons. The molecule has 1 aliphatic heterocycles. The quantitative estimate of drug-likeness (QED) is 0.552. The second-order valence-electron chi connectivity index (χ2n) is 6.34. The van der Waals surface area contributed by atoms with Crippen molar-refractivity contribution in [2.45, 2.75) is 13.5 Å². The summed E-state index contributed by atoms with van der Waals surface area (Å²) in [7, 11) is 0. The second-order valence-corrected chi connectivity index (χ2v) is 6.34. The Morgan fingerprint density at radius 1 is 1.19 bits per heavy atom. The van der Waals surface area contributed by atoms with Crippen LogP contribution >= 0.6 is 0 Å². The summed E-state index contributed by atoms with van der Waals surface area (Å²) in [5.74, 6) is 2.24. The Balaban J connectivity index is 1.49. The second kappa shape index (κ2) is 7.33. The maximum Gasteiger partial charge on any atom is 0.171 e. The number of anilines is 5. The van der Waals surface area contributed by atoms with Gasteiger partial charge in [0.1, 0.15) is 5.82 Å². The number of pyridine rings is 1. The normalized spacial score (nSPS) is 12.2. The molecular weight excluding hydrogens is 338 g/mol. The van der Waals surface area contributed by atoms with E-state index >= 15 is 0 Å². The lowest BCUT2D eigenvalue weighted by Gasteiger charge is -2.15. The minimum absolute atomic E-state index is 0.359. The molecule has 5 N–H and O–H groups in total. The SMILES string of the molecule is Cc1cccnc1Nc1cnc(N)c(NCc2ccc3c(c2)C=CCN3)n1. The van der Waals surface area contributed by atoms with Gasteiger partial charge in [-0.2, -0.15) is 0 Å². The van der Waals surface area contributed by atoms with Gasteiger partial charge in [-0.05, 0) is 41.8 Å². The number of hydrogen-bond acceptors (Lipinski definition) is 7. The number of fused-ring (bicyclic) bond motifs is 1. The van der Waals surface area contributed by atoms with Gasteiger partial charge in [-0.25, -0.2) is 15.0 Å². The molecule has 2 aromatic heterocycles. The Labute approximate surface area is 157 Å². The maximum absolute atomic E-state index is 5.99. The molecule has 0 bridgehead atoms. The van der Waals surface area contributed by atoms with Crippen molar-refractivity contribution < 1.29 is 0 Å². The Morgan fingerprint density at radius 2 is 2.11 bits per heavy atom. The van der Waals surface area contributed by atoms with Gasteiger partial charge in [0, 0.05) is 25.0 Å². The van der Waals surface area contributed by atoms with Gasteiger partial charge in [0.25, 0.3) is 0 Å². The van der Waals surface area contributed by atoms with Crippen molar-refractivity contribution in [3.8, 4) is 0 Å². The number of rotatable bonds is 5. The molecule has 0 saturated carbocycles. The smallest absolute Gasteiger partial charge is 0.171 e. The average molecular weight is 359 g/mol. The molecule has 0 atom stereocenters. The van der Waals surface area contributed by atoms with Crippen molar-refractivity contribution in [1.82, 2.24) is 15.0 Å². The lowest BCUT2D eigenvalue weighted by Crippen LogP contribution is -2.09. The molecule has 0 radical (unpaired) electrons. The lowest BCUT2D eigenvalue weighted by atomic mass is 10.1. The summed E-state index contributed by atoms with van der Waals surface area (Å²) < 4.78 is 0. The van der Waals surface area contributed by atoms with E-state index in [0.29, 0.717) is 24.0 Å². The molecule has 0 amide bonds. The van der Waals surface area contributed by atoms with E-state index in [9.17, 15) is 0 Å². The fourth-order valence-corrected chi connectivity index (χ4v) is 2.89. The van der Waals surface area contributed by atoms with Crippen molar-refractivity contribution in [2.24, 2.45) is 0 Å². The van der Waals surface area contributed by atoms with Crippen molar-refractivity contribution in [1.29, 1.82) is 0 Å². The standard InChI is InChI=1S/C20H21N7/c1-13-4-2-9-23-19(13)26-17-12-24-18(21)20(27-17)25-11-14-6-7-16-15(10-14)5-3-8-22-16/h2-7,9-10,12,22H,8,11H2,1H3,(H2,21,24)(H2,23,25,26,27). The molecule has 0 fully saturated rings. The van der Waals surface area contributed by atoms with E-state index in [4.69, 9.17) is 5.73 Å². The molecule has 7 nitrogen and oxygen atoms in total. The van der Waals surface area contributed by atoms with E-state index in [1.54, 1.807) is 12.4 Å². The molecule has 4 rings (SSSR count). The molecule has 0 saturated heterocycles. The summed E-state index contributed by atoms with van der Waals surface area (Å²) >= 11 is 0. The summed E-state index contributed by atoms with van der Waals surface area (Å²) in [6.45, 7) is 3.46. The van der Waals surface area contributed by atoms with Crippen molar-refractivity contribution >= 4 is 35.0 Å². The van der Waals surface area contributed by atoms with Gasteiger partial charge < -0.3 is 21.7 Å². The number of aryl methyl sites for hydroxylation is 1. The summed E-state index contributed by atoms with van der Waals surface area (Å²) in [6.07, 6.45) is 7.57. The van der Waals surface area contributed by atoms with Crippen LogP contribution in [0, 0.1) is 6.92 Å². The highest BCUT2D eigenvalue weighted by atomic mass is 15.1. The Bertz CT molecular complexity index is 997. The summed E-state index contributed by atoms with van der Waals surface area (Å²) in [6, 6.07) is 10.2. The largest absolute Gasteiger partial charge is 0.381 e. The Kier molecular flexibility index (Phi) is 4.57. The van der Waals surface area contributed by atoms with Gasteiger partial charge in [-0.3, -0.25) is 0 Å². The van der Waals surface area contributed by atoms with Crippen LogP contribution in [0.25, 0.3) is 6.08 Å². The molecular formula is C20H21N7. The van der Waals surface area contributed by atoms with E-state index < -0.39 is 0 Å². The van der Waals surface area contributed by atoms with E-state index in [1.807, 2.05) is 19.1 Å². The monoisotopic (exact) mass is 359 g/mol. The predicted octanol–water partition coefficient (Wildman–Crippen LogP) is 3.56. The predicted molar refractivity (Wildman–Crippen MR) is 110 cm³/mol. The molecule has 0 spiro atoms. The first-order valence-electron chi connectivity index (χ1n) is 8.77. The first-order chi connectivity index (χ1) is 13.2. The van der Waals surface area contributed by atoms with Crippen molar-refractivity contribution in [3.63, 3.8) is 0 Å². The average Bonchev–Trinajstić information content (AvgIpc) is 2.70. The lowest BCUT2D eigenvalue weighted by molar-refractivity contribution is 1.09. The third-order valence-electron chi connectivity index (χ3n) is 4.34. The van der Waals surface area contributed by atoms with Gasteiger partial charge in [0.15, 0.2) is 17.5 Å². The fraction of sp³-hybridized carbons (Fsp3) is 0.150. The first kappa shape index (κ1) is 16.8. The number of nitrogens with one attached hydrogen (secondary N) is 3. The van der Waals surface area contributed by atoms with Crippen LogP contribution in [0.3, 0.4) is 0 Å². The van der Waals surface area contributed by atoms with Crippen molar-refractivity contribution in [2.75, 3.05) is 28.2 Å². The number of benzene rings is 1. The van der Waals surface area contributed by atoms with Crippen molar-refractivity contribution in [3.05, 3.63) is 65.5 Å². The zero-order valence-corrected chi connectivity index (χ0v) is 15.0. The fourth-order valence-electron chi connectivity index (χ4n) is 2.89. The number of aromatic nitrogens is 3. The Morgan fingerprint density at radius 3 is 3.00 bits per heavy atom. The van der Waals surface area contributed by atoms with E-state index in [-0.39, 0.29) is 0 Å². The minimum Gasteiger partial charge on any atom is -0.381 e. The van der Waals surface area contributed by atoms with Gasteiger partial charge >= 0.3 is 0 Å². The summed E-state index contributed by atoms with van der Waals surface area (Å²) in [4.78, 5) is 13.1. The molecule has 27 heavy (non-hydrogen) atoms. The molecule has 3 aromatic rings. The zero-order valence-electron chi connectivity index (χ0n) is 15.0. The van der Waals surface area contributed by atoms with Crippen LogP contribution in [-0.2, 0) is 6.54 Å². The van der Waals surface area contributed by atoms with Gasteiger partial charge in [-0.15, -0.1) is 0 Å². The molecule has 0 unspecified atom stereocenters. The van der Waals surface area contributed by atoms with Gasteiger partial charge in [0.05, 0.1) is 6.20 Å². The molecule has 1 aliphatic rings. The summed E-state index contributed by atoms with van der Waals surface area (Å²) in [5.41, 5.74) is 10.5. The van der Waals surface area contributed by atoms with E-state index in [1.165, 1.54) is 5.56 Å². The van der Waals surface area contributed by atoms with Crippen LogP contribution in [-0.4, -0.2) is 21.5 Å². The highest BCUT2D eigenvalue weighted by Crippen LogP contribution is 2.24. The van der Waals surface area contributed by atoms with Crippen LogP contribution in [0.2, 0.25) is 0 Å². The zero-order chi connectivity index (χ0) is 18.6. The van der Waals surface area contributed by atoms with Crippen LogP contribution in [0.4, 0.5) is 29.0 Å². The molecule has 1 aromatic carbocycles. The van der Waals surface area contributed by atoms with Gasteiger partial charge in [-0.1, -0.05) is 24.3 Å². The molecule has 3 heterocycles. The van der Waals surface area contributed by atoms with Crippen LogP contribution in [0.15, 0.2) is 48.8 Å². The number of nitrogens with two attached hydrogens (primary N) is 1. The third kappa shape index (κ3) is 3.82. The molecule has 7 heteroatoms. The number of nitrogens with zero attached hydrogens (tertiary/aromatic N) is 3. The van der Waals surface area contributed by atoms with E-state index in [2.05, 4.69) is 61.3 Å². The highest BCUT2D eigenvalue weighted by Gasteiger charge is 2.08. The number of nitrogen functional groups attached to an aromatic ring is 1. The summed E-state index contributed by atoms with van der Waals surface area (Å²) in [5, 5.41) is 9.80. The first-order valence-corrected chi connectivity index (χ1v) is 8.77. The molecule has 0 aliphatic carbocycles. The topological polar surface area (TPSA) is 101 Å². The highest BCUT2D eigenvalue weighted by molar-refractivity contribution is 5.71. The third-order valence-corrected chi connectivity index (χ3v) is 4.34. The van der Waals surface area contributed by atoms with Crippen LogP contribution < -0.4 is 21.7 Å². The number of hydrogen-bond donors (Lipinski definition) is 4. The van der Waals surface area contributed by atoms with Gasteiger partial charge in [0.2, 0.25) is 0 Å². The van der Waals surface area contributed by atoms with Crippen LogP contribution in [0.5, 0.6) is 0 Å². The maximum atomic E-state index is 5.99. The van der Waals surface area contributed by atoms with Crippen LogP contribution in [0.1, 0.15) is 16.7 Å². The van der Waals surface area contributed by atoms with E-state index in [0.717, 1.165) is 29.2 Å². The minimum atomic E-state index is 0.359. The Hall–Kier alpha value is -3.61.